The molecule has 1 aliphatic carbocycles. The van der Waals surface area contributed by atoms with Crippen molar-refractivity contribution in [2.45, 2.75) is 38.6 Å². The lowest BCUT2D eigenvalue weighted by molar-refractivity contribution is 0.0743. The average molecular weight is 315 g/mol. The van der Waals surface area contributed by atoms with Gasteiger partial charge in [0, 0.05) is 29.9 Å². The smallest absolute Gasteiger partial charge is 0.255 e. The number of fused-ring (bicyclic) bond motifs is 1. The first kappa shape index (κ1) is 15.8. The number of halogens is 1. The zero-order chi connectivity index (χ0) is 13.4. The molecule has 3 nitrogen and oxygen atoms in total. The second-order valence-electron chi connectivity index (χ2n) is 5.96. The number of nitrogens with one attached hydrogen (secondary N) is 1. The van der Waals surface area contributed by atoms with Gasteiger partial charge in [0.05, 0.1) is 5.56 Å². The molecule has 0 saturated carbocycles. The Bertz CT molecular complexity index is 482. The third-order valence-electron chi connectivity index (χ3n) is 4.53. The van der Waals surface area contributed by atoms with E-state index < -0.39 is 0 Å². The van der Waals surface area contributed by atoms with Gasteiger partial charge in [-0.15, -0.1) is 23.7 Å². The van der Waals surface area contributed by atoms with Crippen molar-refractivity contribution in [3.8, 4) is 0 Å². The van der Waals surface area contributed by atoms with E-state index in [9.17, 15) is 4.79 Å². The number of nitrogens with zero attached hydrogens (tertiary/aromatic N) is 1. The fraction of sp³-hybridized carbons (Fsp3) is 0.667. The monoisotopic (exact) mass is 314 g/mol. The van der Waals surface area contributed by atoms with Crippen LogP contribution in [0.15, 0.2) is 5.38 Å². The first-order chi connectivity index (χ1) is 9.16. The Morgan fingerprint density at radius 1 is 1.45 bits per heavy atom. The molecule has 0 spiro atoms. The lowest BCUT2D eigenvalue weighted by atomic mass is 9.88. The Morgan fingerprint density at radius 3 is 2.95 bits per heavy atom. The fourth-order valence-electron chi connectivity index (χ4n) is 3.18. The number of carbonyl (C=O) groups is 1. The molecule has 112 valence electrons. The summed E-state index contributed by atoms with van der Waals surface area (Å²) >= 11 is 1.78. The number of likely N-dealkylation sites (N-methyl/N-ethyl adjacent to an activating group) is 1. The number of hydrogen-bond acceptors (Lipinski definition) is 3. The van der Waals surface area contributed by atoms with Crippen molar-refractivity contribution in [3.05, 3.63) is 21.4 Å². The molecule has 2 aliphatic rings. The summed E-state index contributed by atoms with van der Waals surface area (Å²) in [6.45, 7) is 4.27. The van der Waals surface area contributed by atoms with Gasteiger partial charge in [-0.1, -0.05) is 6.92 Å². The van der Waals surface area contributed by atoms with Crippen LogP contribution < -0.4 is 5.32 Å². The number of thiophene rings is 1. The van der Waals surface area contributed by atoms with E-state index in [1.165, 1.54) is 16.9 Å². The van der Waals surface area contributed by atoms with Crippen LogP contribution in [-0.2, 0) is 12.8 Å². The van der Waals surface area contributed by atoms with Crippen LogP contribution in [0.3, 0.4) is 0 Å². The van der Waals surface area contributed by atoms with Crippen LogP contribution in [0.5, 0.6) is 0 Å². The van der Waals surface area contributed by atoms with Gasteiger partial charge in [-0.05, 0) is 43.7 Å². The van der Waals surface area contributed by atoms with E-state index in [-0.39, 0.29) is 18.3 Å². The molecule has 2 heterocycles. The summed E-state index contributed by atoms with van der Waals surface area (Å²) in [6.07, 6.45) is 4.53. The Hall–Kier alpha value is -0.580. The van der Waals surface area contributed by atoms with Gasteiger partial charge in [-0.3, -0.25) is 4.79 Å². The SMILES string of the molecule is CC1CCc2c(C(=O)N(C)C3CCNC3)csc2C1.Cl. The maximum absolute atomic E-state index is 12.7. The molecule has 3 rings (SSSR count). The first-order valence-electron chi connectivity index (χ1n) is 7.24. The van der Waals surface area contributed by atoms with Gasteiger partial charge in [0.1, 0.15) is 0 Å². The average Bonchev–Trinajstić information content (AvgIpc) is 3.05. The maximum atomic E-state index is 12.7. The van der Waals surface area contributed by atoms with E-state index in [1.54, 1.807) is 11.3 Å². The predicted octanol–water partition coefficient (Wildman–Crippen LogP) is 2.73. The molecule has 5 heteroatoms. The van der Waals surface area contributed by atoms with E-state index >= 15 is 0 Å². The third-order valence-corrected chi connectivity index (χ3v) is 5.59. The second-order valence-corrected chi connectivity index (χ2v) is 6.93. The molecular weight excluding hydrogens is 292 g/mol. The Balaban J connectivity index is 0.00000147. The summed E-state index contributed by atoms with van der Waals surface area (Å²) in [6, 6.07) is 0.366. The first-order valence-corrected chi connectivity index (χ1v) is 8.12. The molecule has 2 unspecified atom stereocenters. The summed E-state index contributed by atoms with van der Waals surface area (Å²) in [7, 11) is 1.95. The fourth-order valence-corrected chi connectivity index (χ4v) is 4.42. The third kappa shape index (κ3) is 2.87. The van der Waals surface area contributed by atoms with Crippen molar-refractivity contribution in [1.29, 1.82) is 0 Å². The van der Waals surface area contributed by atoms with E-state index in [2.05, 4.69) is 17.6 Å². The van der Waals surface area contributed by atoms with Gasteiger partial charge < -0.3 is 10.2 Å². The van der Waals surface area contributed by atoms with E-state index in [1.807, 2.05) is 11.9 Å². The van der Waals surface area contributed by atoms with Crippen molar-refractivity contribution in [3.63, 3.8) is 0 Å². The van der Waals surface area contributed by atoms with Gasteiger partial charge in [0.15, 0.2) is 0 Å². The summed E-state index contributed by atoms with van der Waals surface area (Å²) in [5.41, 5.74) is 2.31. The zero-order valence-electron chi connectivity index (χ0n) is 12.1. The molecule has 0 aromatic carbocycles. The van der Waals surface area contributed by atoms with Crippen molar-refractivity contribution in [1.82, 2.24) is 10.2 Å². The highest BCUT2D eigenvalue weighted by Gasteiger charge is 2.28. The lowest BCUT2D eigenvalue weighted by Gasteiger charge is -2.25. The molecule has 2 atom stereocenters. The molecule has 1 N–H and O–H groups in total. The summed E-state index contributed by atoms with van der Waals surface area (Å²) in [4.78, 5) is 16.0. The standard InChI is InChI=1S/C15H22N2OS.ClH/c1-10-3-4-12-13(9-19-14(12)7-10)15(18)17(2)11-5-6-16-8-11;/h9-11,16H,3-8H2,1-2H3;1H. The van der Waals surface area contributed by atoms with E-state index in [4.69, 9.17) is 0 Å². The number of hydrogen-bond donors (Lipinski definition) is 1. The summed E-state index contributed by atoms with van der Waals surface area (Å²) in [5.74, 6) is 0.992. The van der Waals surface area contributed by atoms with Crippen LogP contribution in [0.1, 0.15) is 40.6 Å². The second kappa shape index (κ2) is 6.46. The number of rotatable bonds is 2. The van der Waals surface area contributed by atoms with E-state index in [0.29, 0.717) is 6.04 Å². The van der Waals surface area contributed by atoms with Gasteiger partial charge in [-0.2, -0.15) is 0 Å². The minimum absolute atomic E-state index is 0. The highest BCUT2D eigenvalue weighted by Crippen LogP contribution is 2.33. The molecule has 1 aromatic rings. The zero-order valence-corrected chi connectivity index (χ0v) is 13.8. The topological polar surface area (TPSA) is 32.3 Å². The van der Waals surface area contributed by atoms with Gasteiger partial charge in [0.25, 0.3) is 5.91 Å². The maximum Gasteiger partial charge on any atom is 0.255 e. The molecule has 20 heavy (non-hydrogen) atoms. The molecule has 0 radical (unpaired) electrons. The Labute approximate surface area is 131 Å². The van der Waals surface area contributed by atoms with Crippen LogP contribution in [0.2, 0.25) is 0 Å². The summed E-state index contributed by atoms with van der Waals surface area (Å²) in [5, 5.41) is 5.42. The van der Waals surface area contributed by atoms with Crippen molar-refractivity contribution < 1.29 is 4.79 Å². The minimum atomic E-state index is 0. The van der Waals surface area contributed by atoms with Crippen LogP contribution in [0.25, 0.3) is 0 Å². The molecule has 1 aromatic heterocycles. The number of amides is 1. The molecule has 1 fully saturated rings. The quantitative estimate of drug-likeness (QED) is 0.910. The highest BCUT2D eigenvalue weighted by molar-refractivity contribution is 7.10. The normalized spacial score (nSPS) is 24.9. The van der Waals surface area contributed by atoms with Crippen molar-refractivity contribution >= 4 is 29.7 Å². The van der Waals surface area contributed by atoms with Crippen LogP contribution in [-0.4, -0.2) is 37.0 Å². The molecule has 1 amide bonds. The lowest BCUT2D eigenvalue weighted by Crippen LogP contribution is -2.38. The number of carbonyl (C=O) groups excluding carboxylic acids is 1. The Kier molecular flexibility index (Phi) is 5.10. The van der Waals surface area contributed by atoms with Crippen LogP contribution in [0.4, 0.5) is 0 Å². The van der Waals surface area contributed by atoms with Crippen molar-refractivity contribution in [2.75, 3.05) is 20.1 Å². The largest absolute Gasteiger partial charge is 0.337 e. The molecular formula is C15H23ClN2OS. The van der Waals surface area contributed by atoms with Crippen LogP contribution >= 0.6 is 23.7 Å². The van der Waals surface area contributed by atoms with E-state index in [0.717, 1.165) is 43.8 Å². The van der Waals surface area contributed by atoms with Gasteiger partial charge >= 0.3 is 0 Å². The Morgan fingerprint density at radius 2 is 2.25 bits per heavy atom. The van der Waals surface area contributed by atoms with Gasteiger partial charge in [0.2, 0.25) is 0 Å². The highest BCUT2D eigenvalue weighted by atomic mass is 35.5. The summed E-state index contributed by atoms with van der Waals surface area (Å²) < 4.78 is 0. The minimum Gasteiger partial charge on any atom is -0.337 e. The van der Waals surface area contributed by atoms with Crippen molar-refractivity contribution in [2.24, 2.45) is 5.92 Å². The molecule has 1 saturated heterocycles. The molecule has 0 bridgehead atoms. The predicted molar refractivity (Wildman–Crippen MR) is 86.1 cm³/mol. The molecule has 1 aliphatic heterocycles. The van der Waals surface area contributed by atoms with Gasteiger partial charge in [-0.25, -0.2) is 0 Å². The van der Waals surface area contributed by atoms with Crippen LogP contribution in [0, 0.1) is 5.92 Å².